The molecule has 1 aromatic heterocycles. The summed E-state index contributed by atoms with van der Waals surface area (Å²) in [5, 5.41) is 4.19. The number of nitrogens with two attached hydrogens (primary N) is 1. The summed E-state index contributed by atoms with van der Waals surface area (Å²) >= 11 is 0. The second-order valence-electron chi connectivity index (χ2n) is 5.31. The number of carbonyl (C=O) groups excluding carboxylic acids is 1. The van der Waals surface area contributed by atoms with Crippen LogP contribution in [0.15, 0.2) is 30.5 Å². The molecule has 3 rings (SSSR count). The number of amides is 1. The first-order chi connectivity index (χ1) is 9.22. The molecular formula is C15H19N3O. The van der Waals surface area contributed by atoms with Gasteiger partial charge < -0.3 is 15.6 Å². The minimum atomic E-state index is 0.0984. The Morgan fingerprint density at radius 1 is 1.32 bits per heavy atom. The van der Waals surface area contributed by atoms with Crippen molar-refractivity contribution < 1.29 is 4.79 Å². The van der Waals surface area contributed by atoms with Gasteiger partial charge in [-0.15, -0.1) is 0 Å². The highest BCUT2D eigenvalue weighted by Crippen LogP contribution is 2.20. The van der Waals surface area contributed by atoms with Crippen LogP contribution in [0.5, 0.6) is 0 Å². The van der Waals surface area contributed by atoms with E-state index in [9.17, 15) is 4.79 Å². The van der Waals surface area contributed by atoms with Crippen molar-refractivity contribution >= 4 is 22.5 Å². The van der Waals surface area contributed by atoms with Crippen molar-refractivity contribution in [2.45, 2.75) is 38.3 Å². The Labute approximate surface area is 112 Å². The normalized spacial score (nSPS) is 16.0. The van der Waals surface area contributed by atoms with Crippen LogP contribution in [0.1, 0.15) is 25.7 Å². The van der Waals surface area contributed by atoms with Crippen molar-refractivity contribution in [3.63, 3.8) is 0 Å². The maximum atomic E-state index is 12.0. The number of rotatable bonds is 3. The summed E-state index contributed by atoms with van der Waals surface area (Å²) in [7, 11) is 0. The van der Waals surface area contributed by atoms with Gasteiger partial charge in [0.05, 0.1) is 0 Å². The summed E-state index contributed by atoms with van der Waals surface area (Å²) < 4.78 is 1.97. The number of nitrogen functional groups attached to an aromatic ring is 1. The lowest BCUT2D eigenvalue weighted by Gasteiger charge is -2.12. The van der Waals surface area contributed by atoms with Gasteiger partial charge in [-0.05, 0) is 37.1 Å². The fourth-order valence-corrected chi connectivity index (χ4v) is 2.85. The molecule has 1 saturated carbocycles. The number of anilines is 1. The van der Waals surface area contributed by atoms with Gasteiger partial charge in [-0.2, -0.15) is 0 Å². The largest absolute Gasteiger partial charge is 0.399 e. The van der Waals surface area contributed by atoms with Crippen LogP contribution in [0.25, 0.3) is 10.9 Å². The molecule has 0 atom stereocenters. The topological polar surface area (TPSA) is 60.0 Å². The highest BCUT2D eigenvalue weighted by atomic mass is 16.2. The molecule has 1 aromatic carbocycles. The predicted octanol–water partition coefficient (Wildman–Crippen LogP) is 2.28. The fourth-order valence-electron chi connectivity index (χ4n) is 2.85. The quantitative estimate of drug-likeness (QED) is 0.829. The summed E-state index contributed by atoms with van der Waals surface area (Å²) in [6, 6.07) is 8.14. The molecule has 0 saturated heterocycles. The molecule has 4 heteroatoms. The van der Waals surface area contributed by atoms with Gasteiger partial charge in [-0.1, -0.05) is 12.8 Å². The molecule has 1 aliphatic carbocycles. The van der Waals surface area contributed by atoms with Crippen LogP contribution >= 0.6 is 0 Å². The first-order valence-electron chi connectivity index (χ1n) is 6.86. The summed E-state index contributed by atoms with van der Waals surface area (Å²) in [5.74, 6) is 0.0984. The van der Waals surface area contributed by atoms with E-state index >= 15 is 0 Å². The molecule has 0 aliphatic heterocycles. The Kier molecular flexibility index (Phi) is 3.15. The summed E-state index contributed by atoms with van der Waals surface area (Å²) in [4.78, 5) is 12.0. The van der Waals surface area contributed by atoms with E-state index < -0.39 is 0 Å². The van der Waals surface area contributed by atoms with Gasteiger partial charge in [0.2, 0.25) is 5.91 Å². The number of aromatic nitrogens is 1. The first kappa shape index (κ1) is 12.1. The zero-order chi connectivity index (χ0) is 13.2. The Morgan fingerprint density at radius 3 is 2.89 bits per heavy atom. The van der Waals surface area contributed by atoms with E-state index in [1.54, 1.807) is 0 Å². The number of hydrogen-bond acceptors (Lipinski definition) is 2. The minimum Gasteiger partial charge on any atom is -0.399 e. The van der Waals surface area contributed by atoms with Crippen LogP contribution < -0.4 is 11.1 Å². The molecule has 3 N–H and O–H groups in total. The van der Waals surface area contributed by atoms with Crippen molar-refractivity contribution in [3.8, 4) is 0 Å². The molecule has 19 heavy (non-hydrogen) atoms. The highest BCUT2D eigenvalue weighted by Gasteiger charge is 2.17. The number of carbonyl (C=O) groups is 1. The molecule has 0 radical (unpaired) electrons. The molecule has 1 amide bonds. The summed E-state index contributed by atoms with van der Waals surface area (Å²) in [6.45, 7) is 0.379. The molecule has 2 aromatic rings. The van der Waals surface area contributed by atoms with Gasteiger partial charge in [0.25, 0.3) is 0 Å². The van der Waals surface area contributed by atoms with E-state index in [4.69, 9.17) is 5.73 Å². The zero-order valence-electron chi connectivity index (χ0n) is 10.9. The van der Waals surface area contributed by atoms with Gasteiger partial charge in [0.15, 0.2) is 0 Å². The molecular weight excluding hydrogens is 238 g/mol. The van der Waals surface area contributed by atoms with Crippen molar-refractivity contribution in [2.75, 3.05) is 5.73 Å². The Hall–Kier alpha value is -1.97. The lowest BCUT2D eigenvalue weighted by atomic mass is 10.2. The summed E-state index contributed by atoms with van der Waals surface area (Å²) in [6.07, 6.45) is 6.65. The van der Waals surface area contributed by atoms with E-state index in [2.05, 4.69) is 5.32 Å². The molecule has 4 nitrogen and oxygen atoms in total. The number of hydrogen-bond donors (Lipinski definition) is 2. The third-order valence-corrected chi connectivity index (χ3v) is 3.83. The Bertz CT molecular complexity index is 596. The van der Waals surface area contributed by atoms with E-state index in [1.165, 1.54) is 12.8 Å². The highest BCUT2D eigenvalue weighted by molar-refractivity contribution is 5.85. The van der Waals surface area contributed by atoms with Crippen LogP contribution in [0.3, 0.4) is 0 Å². The molecule has 1 heterocycles. The second-order valence-corrected chi connectivity index (χ2v) is 5.31. The van der Waals surface area contributed by atoms with Gasteiger partial charge in [0.1, 0.15) is 6.54 Å². The van der Waals surface area contributed by atoms with Gasteiger partial charge in [-0.25, -0.2) is 0 Å². The Morgan fingerprint density at radius 2 is 2.11 bits per heavy atom. The second kappa shape index (κ2) is 4.96. The van der Waals surface area contributed by atoms with E-state index in [1.807, 2.05) is 35.0 Å². The van der Waals surface area contributed by atoms with Crippen LogP contribution in [0, 0.1) is 0 Å². The zero-order valence-corrected chi connectivity index (χ0v) is 10.9. The maximum Gasteiger partial charge on any atom is 0.240 e. The van der Waals surface area contributed by atoms with Crippen LogP contribution in [0.2, 0.25) is 0 Å². The number of fused-ring (bicyclic) bond motifs is 1. The van der Waals surface area contributed by atoms with Gasteiger partial charge in [0, 0.05) is 28.8 Å². The first-order valence-corrected chi connectivity index (χ1v) is 6.86. The maximum absolute atomic E-state index is 12.0. The molecule has 0 spiro atoms. The SMILES string of the molecule is Nc1ccc2c(ccn2CC(=O)NC2CCCC2)c1. The lowest BCUT2D eigenvalue weighted by molar-refractivity contribution is -0.122. The molecule has 1 fully saturated rings. The summed E-state index contributed by atoms with van der Waals surface area (Å²) in [5.41, 5.74) is 7.56. The number of nitrogens with zero attached hydrogens (tertiary/aromatic N) is 1. The van der Waals surface area contributed by atoms with Crippen molar-refractivity contribution in [3.05, 3.63) is 30.5 Å². The predicted molar refractivity (Wildman–Crippen MR) is 76.7 cm³/mol. The van der Waals surface area contributed by atoms with Gasteiger partial charge >= 0.3 is 0 Å². The van der Waals surface area contributed by atoms with Crippen molar-refractivity contribution in [1.29, 1.82) is 0 Å². The third-order valence-electron chi connectivity index (χ3n) is 3.83. The van der Waals surface area contributed by atoms with Crippen molar-refractivity contribution in [1.82, 2.24) is 9.88 Å². The average Bonchev–Trinajstić information content (AvgIpc) is 2.99. The molecule has 1 aliphatic rings. The average molecular weight is 257 g/mol. The van der Waals surface area contributed by atoms with Crippen LogP contribution in [-0.4, -0.2) is 16.5 Å². The number of nitrogens with one attached hydrogen (secondary N) is 1. The lowest BCUT2D eigenvalue weighted by Crippen LogP contribution is -2.35. The molecule has 0 unspecified atom stereocenters. The monoisotopic (exact) mass is 257 g/mol. The molecule has 0 bridgehead atoms. The standard InChI is InChI=1S/C15H19N3O/c16-12-5-6-14-11(9-12)7-8-18(14)10-15(19)17-13-3-1-2-4-13/h5-9,13H,1-4,10,16H2,(H,17,19). The minimum absolute atomic E-state index is 0.0984. The third kappa shape index (κ3) is 2.57. The van der Waals surface area contributed by atoms with Crippen molar-refractivity contribution in [2.24, 2.45) is 0 Å². The van der Waals surface area contributed by atoms with Crippen LogP contribution in [0.4, 0.5) is 5.69 Å². The van der Waals surface area contributed by atoms with Gasteiger partial charge in [-0.3, -0.25) is 4.79 Å². The van der Waals surface area contributed by atoms with E-state index in [0.717, 1.165) is 29.4 Å². The molecule has 100 valence electrons. The van der Waals surface area contributed by atoms with E-state index in [-0.39, 0.29) is 5.91 Å². The fraction of sp³-hybridized carbons (Fsp3) is 0.400. The Balaban J connectivity index is 1.72. The number of benzene rings is 1. The van der Waals surface area contributed by atoms with Crippen LogP contribution in [-0.2, 0) is 11.3 Å². The van der Waals surface area contributed by atoms with E-state index in [0.29, 0.717) is 12.6 Å². The smallest absolute Gasteiger partial charge is 0.240 e.